The number of fused-ring (bicyclic) bond motifs is 4. The SMILES string of the molecule is CC1(C)OC(=O)c2ccc(Nc3ncc(C(=O)NC[C@@]4(O)CN5CCC4CC5)c(NC(CO)c4ccccc4)n3)cc21. The number of hydrogen-bond acceptors (Lipinski definition) is 10. The van der Waals surface area contributed by atoms with Gasteiger partial charge in [0.1, 0.15) is 17.0 Å². The topological polar surface area (TPSA) is 149 Å². The van der Waals surface area contributed by atoms with Gasteiger partial charge in [-0.05, 0) is 69.5 Å². The van der Waals surface area contributed by atoms with E-state index >= 15 is 0 Å². The molecule has 11 nitrogen and oxygen atoms in total. The molecule has 3 aromatic rings. The van der Waals surface area contributed by atoms with Crippen LogP contribution in [0.4, 0.5) is 17.5 Å². The van der Waals surface area contributed by atoms with Gasteiger partial charge in [0.25, 0.3) is 5.91 Å². The Labute approximate surface area is 244 Å². The zero-order valence-electron chi connectivity index (χ0n) is 23.8. The van der Waals surface area contributed by atoms with Crippen molar-refractivity contribution in [2.75, 3.05) is 43.4 Å². The molecule has 3 saturated heterocycles. The number of ether oxygens (including phenoxy) is 1. The number of amides is 1. The lowest BCUT2D eigenvalue weighted by molar-refractivity contribution is -0.108. The summed E-state index contributed by atoms with van der Waals surface area (Å²) in [5, 5.41) is 30.8. The summed E-state index contributed by atoms with van der Waals surface area (Å²) in [4.78, 5) is 36.9. The number of aliphatic hydroxyl groups excluding tert-OH is 1. The minimum absolute atomic E-state index is 0.125. The van der Waals surface area contributed by atoms with E-state index in [4.69, 9.17) is 4.74 Å². The fourth-order valence-electron chi connectivity index (χ4n) is 6.25. The van der Waals surface area contributed by atoms with E-state index in [2.05, 4.69) is 30.8 Å². The highest BCUT2D eigenvalue weighted by atomic mass is 16.6. The van der Waals surface area contributed by atoms with Gasteiger partial charge in [-0.2, -0.15) is 4.98 Å². The summed E-state index contributed by atoms with van der Waals surface area (Å²) in [6.07, 6.45) is 3.26. The van der Waals surface area contributed by atoms with Crippen LogP contribution in [0.1, 0.15) is 64.6 Å². The standard InChI is InChI=1S/C31H36N6O5/c1-30(2)24-14-21(8-9-22(24)28(40)42-30)34-29-32-15-23(26(36-29)35-25(16-38)19-6-4-3-5-7-19)27(39)33-17-31(41)18-37-12-10-20(31)11-13-37/h3-9,14-15,20,25,38,41H,10-13,16-18H2,1-2H3,(H,33,39)(H2,32,34,35,36)/t25?,31-/m1/s1. The van der Waals surface area contributed by atoms with Crippen molar-refractivity contribution in [1.82, 2.24) is 20.2 Å². The highest BCUT2D eigenvalue weighted by Crippen LogP contribution is 2.38. The van der Waals surface area contributed by atoms with Crippen molar-refractivity contribution in [3.63, 3.8) is 0 Å². The smallest absolute Gasteiger partial charge is 0.339 e. The van der Waals surface area contributed by atoms with Gasteiger partial charge in [-0.25, -0.2) is 9.78 Å². The van der Waals surface area contributed by atoms with Gasteiger partial charge in [0.15, 0.2) is 0 Å². The van der Waals surface area contributed by atoms with Gasteiger partial charge in [-0.15, -0.1) is 0 Å². The molecule has 2 bridgehead atoms. The van der Waals surface area contributed by atoms with Gasteiger partial charge in [0, 0.05) is 30.5 Å². The summed E-state index contributed by atoms with van der Waals surface area (Å²) in [6, 6.07) is 14.1. The molecule has 220 valence electrons. The number of carbonyl (C=O) groups excluding carboxylic acids is 2. The summed E-state index contributed by atoms with van der Waals surface area (Å²) >= 11 is 0. The summed E-state index contributed by atoms with van der Waals surface area (Å²) in [5.41, 5.74) is 1.19. The van der Waals surface area contributed by atoms with Crippen molar-refractivity contribution in [3.05, 3.63) is 77.0 Å². The van der Waals surface area contributed by atoms with Gasteiger partial charge in [-0.3, -0.25) is 4.79 Å². The molecule has 2 atom stereocenters. The maximum atomic E-state index is 13.5. The van der Waals surface area contributed by atoms with E-state index in [-0.39, 0.29) is 42.4 Å². The number of benzene rings is 2. The quantitative estimate of drug-likeness (QED) is 0.242. The fraction of sp³-hybridized carbons (Fsp3) is 0.419. The summed E-state index contributed by atoms with van der Waals surface area (Å²) < 4.78 is 5.48. The number of anilines is 3. The van der Waals surface area contributed by atoms with Gasteiger partial charge in [-0.1, -0.05) is 30.3 Å². The number of aliphatic hydroxyl groups is 2. The molecular weight excluding hydrogens is 536 g/mol. The van der Waals surface area contributed by atoms with E-state index in [0.717, 1.165) is 37.1 Å². The van der Waals surface area contributed by atoms with Crippen LogP contribution >= 0.6 is 0 Å². The first-order chi connectivity index (χ1) is 20.1. The monoisotopic (exact) mass is 572 g/mol. The lowest BCUT2D eigenvalue weighted by Crippen LogP contribution is -2.63. The van der Waals surface area contributed by atoms with Crippen molar-refractivity contribution in [2.24, 2.45) is 5.92 Å². The lowest BCUT2D eigenvalue weighted by Gasteiger charge is -2.50. The van der Waals surface area contributed by atoms with E-state index in [0.29, 0.717) is 17.8 Å². The Hall–Kier alpha value is -4.06. The van der Waals surface area contributed by atoms with Crippen LogP contribution in [0.3, 0.4) is 0 Å². The van der Waals surface area contributed by atoms with Gasteiger partial charge < -0.3 is 35.8 Å². The average Bonchev–Trinajstić information content (AvgIpc) is 3.22. The van der Waals surface area contributed by atoms with Crippen LogP contribution in [0.5, 0.6) is 0 Å². The third-order valence-electron chi connectivity index (χ3n) is 8.62. The highest BCUT2D eigenvalue weighted by Gasteiger charge is 2.45. The molecule has 7 rings (SSSR count). The van der Waals surface area contributed by atoms with Gasteiger partial charge in [0.2, 0.25) is 5.95 Å². The van der Waals surface area contributed by atoms with Crippen LogP contribution in [-0.2, 0) is 10.3 Å². The fourth-order valence-corrected chi connectivity index (χ4v) is 6.25. The zero-order chi connectivity index (χ0) is 29.5. The van der Waals surface area contributed by atoms with Gasteiger partial charge in [0.05, 0.1) is 23.8 Å². The van der Waals surface area contributed by atoms with E-state index in [1.54, 1.807) is 12.1 Å². The molecule has 1 unspecified atom stereocenters. The Balaban J connectivity index is 1.27. The van der Waals surface area contributed by atoms with E-state index in [9.17, 15) is 19.8 Å². The molecule has 11 heteroatoms. The van der Waals surface area contributed by atoms with E-state index < -0.39 is 23.2 Å². The Morgan fingerprint density at radius 3 is 2.62 bits per heavy atom. The lowest BCUT2D eigenvalue weighted by atomic mass is 9.75. The van der Waals surface area contributed by atoms with Crippen molar-refractivity contribution >= 4 is 29.3 Å². The minimum atomic E-state index is -0.980. The molecule has 1 amide bonds. The largest absolute Gasteiger partial charge is 0.451 e. The van der Waals surface area contributed by atoms with Crippen LogP contribution in [0.2, 0.25) is 0 Å². The molecule has 3 fully saturated rings. The van der Waals surface area contributed by atoms with Crippen molar-refractivity contribution in [3.8, 4) is 0 Å². The van der Waals surface area contributed by atoms with Crippen LogP contribution in [0.15, 0.2) is 54.7 Å². The molecule has 42 heavy (non-hydrogen) atoms. The maximum absolute atomic E-state index is 13.5. The predicted octanol–water partition coefficient (Wildman–Crippen LogP) is 2.96. The molecule has 0 saturated carbocycles. The third kappa shape index (κ3) is 5.42. The summed E-state index contributed by atoms with van der Waals surface area (Å²) in [6.45, 7) is 6.05. The highest BCUT2D eigenvalue weighted by molar-refractivity contribution is 5.99. The first kappa shape index (κ1) is 28.1. The Bertz CT molecular complexity index is 1490. The van der Waals surface area contributed by atoms with Crippen molar-refractivity contribution in [1.29, 1.82) is 0 Å². The zero-order valence-corrected chi connectivity index (χ0v) is 23.8. The second kappa shape index (κ2) is 11.0. The van der Waals surface area contributed by atoms with Crippen molar-refractivity contribution < 1.29 is 24.5 Å². The molecule has 0 radical (unpaired) electrons. The third-order valence-corrected chi connectivity index (χ3v) is 8.62. The molecular formula is C31H36N6O5. The van der Waals surface area contributed by atoms with E-state index in [1.807, 2.05) is 50.2 Å². The van der Waals surface area contributed by atoms with Crippen LogP contribution in [-0.4, -0.2) is 75.3 Å². The molecule has 1 aromatic heterocycles. The number of nitrogens with one attached hydrogen (secondary N) is 3. The second-order valence-corrected chi connectivity index (χ2v) is 11.9. The molecule has 5 heterocycles. The van der Waals surface area contributed by atoms with E-state index in [1.165, 1.54) is 6.20 Å². The number of hydrogen-bond donors (Lipinski definition) is 5. The van der Waals surface area contributed by atoms with Gasteiger partial charge >= 0.3 is 5.97 Å². The number of cyclic esters (lactones) is 1. The number of nitrogens with zero attached hydrogens (tertiary/aromatic N) is 3. The summed E-state index contributed by atoms with van der Waals surface area (Å²) in [5.74, 6) is -0.184. The van der Waals surface area contributed by atoms with Crippen molar-refractivity contribution in [2.45, 2.75) is 43.9 Å². The van der Waals surface area contributed by atoms with Crippen LogP contribution in [0.25, 0.3) is 0 Å². The second-order valence-electron chi connectivity index (χ2n) is 11.9. The molecule has 0 spiro atoms. The number of carbonyl (C=O) groups is 2. The Kier molecular flexibility index (Phi) is 7.34. The Morgan fingerprint density at radius 1 is 1.17 bits per heavy atom. The molecule has 4 aliphatic rings. The number of aromatic nitrogens is 2. The number of piperidine rings is 3. The number of esters is 1. The van der Waals surface area contributed by atoms with Crippen LogP contribution in [0, 0.1) is 5.92 Å². The normalized spacial score (nSPS) is 24.4. The molecule has 2 aromatic carbocycles. The molecule has 0 aliphatic carbocycles. The van der Waals surface area contributed by atoms with Crippen LogP contribution < -0.4 is 16.0 Å². The predicted molar refractivity (Wildman–Crippen MR) is 157 cm³/mol. The molecule has 4 aliphatic heterocycles. The summed E-state index contributed by atoms with van der Waals surface area (Å²) in [7, 11) is 0. The molecule has 5 N–H and O–H groups in total. The average molecular weight is 573 g/mol. The first-order valence-corrected chi connectivity index (χ1v) is 14.3. The minimum Gasteiger partial charge on any atom is -0.451 e. The maximum Gasteiger partial charge on any atom is 0.339 e. The number of rotatable bonds is 9. The first-order valence-electron chi connectivity index (χ1n) is 14.3. The Morgan fingerprint density at radius 2 is 1.93 bits per heavy atom.